The smallest absolute Gasteiger partial charge is 0.303 e. The van der Waals surface area contributed by atoms with E-state index < -0.39 is 18.1 Å². The van der Waals surface area contributed by atoms with E-state index >= 15 is 0 Å². The Hall–Kier alpha value is -1.77. The van der Waals surface area contributed by atoms with Gasteiger partial charge >= 0.3 is 5.97 Å². The van der Waals surface area contributed by atoms with Crippen LogP contribution in [0.3, 0.4) is 0 Å². The third-order valence-electron chi connectivity index (χ3n) is 1.89. The number of carbonyl (C=O) groups is 1. The molecule has 0 fully saturated rings. The van der Waals surface area contributed by atoms with Crippen molar-refractivity contribution in [2.75, 3.05) is 0 Å². The second-order valence-corrected chi connectivity index (χ2v) is 3.00. The summed E-state index contributed by atoms with van der Waals surface area (Å²) in [5.41, 5.74) is 0. The van der Waals surface area contributed by atoms with Crippen molar-refractivity contribution >= 4 is 18.1 Å². The highest BCUT2D eigenvalue weighted by atomic mass is 16.4. The highest BCUT2D eigenvalue weighted by molar-refractivity contribution is 5.67. The minimum Gasteiger partial charge on any atom is -0.481 e. The number of hydrogen-bond acceptors (Lipinski definition) is 5. The molecule has 1 unspecified atom stereocenters. The highest BCUT2D eigenvalue weighted by Crippen LogP contribution is 2.19. The Labute approximate surface area is 86.7 Å². The summed E-state index contributed by atoms with van der Waals surface area (Å²) in [6.07, 6.45) is 2.63. The molecule has 0 aliphatic heterocycles. The van der Waals surface area contributed by atoms with E-state index in [1.54, 1.807) is 0 Å². The SMILES string of the molecule is CCCC(CC(=O)O)C(N=C=O)N=C=O. The Kier molecular flexibility index (Phi) is 6.72. The van der Waals surface area contributed by atoms with Crippen molar-refractivity contribution in [3.05, 3.63) is 0 Å². The first-order chi connectivity index (χ1) is 7.15. The van der Waals surface area contributed by atoms with Gasteiger partial charge in [-0.1, -0.05) is 13.3 Å². The number of aliphatic imine (C=N–C) groups is 2. The van der Waals surface area contributed by atoms with Crippen LogP contribution in [0.4, 0.5) is 0 Å². The Morgan fingerprint density at radius 2 is 1.87 bits per heavy atom. The Morgan fingerprint density at radius 3 is 2.20 bits per heavy atom. The average Bonchev–Trinajstić information content (AvgIpc) is 2.16. The fraction of sp³-hybridized carbons (Fsp3) is 0.667. The Balaban J connectivity index is 4.72. The number of nitrogens with zero attached hydrogens (tertiary/aromatic N) is 2. The number of carbonyl (C=O) groups excluding carboxylic acids is 2. The lowest BCUT2D eigenvalue weighted by atomic mass is 9.97. The summed E-state index contributed by atoms with van der Waals surface area (Å²) in [5, 5.41) is 8.62. The van der Waals surface area contributed by atoms with Crippen molar-refractivity contribution in [2.24, 2.45) is 15.9 Å². The molecule has 0 aromatic heterocycles. The topological polar surface area (TPSA) is 96.2 Å². The van der Waals surface area contributed by atoms with Gasteiger partial charge in [0, 0.05) is 5.92 Å². The summed E-state index contributed by atoms with van der Waals surface area (Å²) in [7, 11) is 0. The predicted molar refractivity (Wildman–Crippen MR) is 50.7 cm³/mol. The van der Waals surface area contributed by atoms with E-state index in [0.717, 1.165) is 6.42 Å². The van der Waals surface area contributed by atoms with Crippen LogP contribution in [-0.2, 0) is 14.4 Å². The van der Waals surface area contributed by atoms with Crippen LogP contribution in [-0.4, -0.2) is 29.4 Å². The Bertz CT molecular complexity index is 285. The molecule has 0 amide bonds. The molecule has 0 aliphatic carbocycles. The number of aliphatic carboxylic acids is 1. The maximum atomic E-state index is 10.5. The van der Waals surface area contributed by atoms with Crippen molar-refractivity contribution < 1.29 is 19.5 Å². The van der Waals surface area contributed by atoms with E-state index in [4.69, 9.17) is 5.11 Å². The molecule has 0 heterocycles. The molecule has 82 valence electrons. The fourth-order valence-corrected chi connectivity index (χ4v) is 1.30. The number of carboxylic acids is 1. The van der Waals surface area contributed by atoms with Crippen LogP contribution in [0.25, 0.3) is 0 Å². The van der Waals surface area contributed by atoms with Crippen LogP contribution in [0.1, 0.15) is 26.2 Å². The highest BCUT2D eigenvalue weighted by Gasteiger charge is 2.22. The maximum Gasteiger partial charge on any atom is 0.303 e. The molecule has 1 atom stereocenters. The van der Waals surface area contributed by atoms with Crippen LogP contribution in [0.15, 0.2) is 9.98 Å². The molecule has 0 rings (SSSR count). The summed E-state index contributed by atoms with van der Waals surface area (Å²) in [6, 6.07) is 0. The predicted octanol–water partition coefficient (Wildman–Crippen LogP) is 0.875. The van der Waals surface area contributed by atoms with Gasteiger partial charge in [-0.15, -0.1) is 0 Å². The lowest BCUT2D eigenvalue weighted by molar-refractivity contribution is -0.138. The molecule has 0 saturated carbocycles. The van der Waals surface area contributed by atoms with E-state index in [0.29, 0.717) is 6.42 Å². The van der Waals surface area contributed by atoms with Gasteiger partial charge in [0.2, 0.25) is 12.2 Å². The standard InChI is InChI=1S/C9H12N2O4/c1-2-3-7(4-8(14)15)9(10-5-12)11-6-13/h7,9H,2-4H2,1H3,(H,14,15). The lowest BCUT2D eigenvalue weighted by Crippen LogP contribution is -2.20. The lowest BCUT2D eigenvalue weighted by Gasteiger charge is -2.15. The van der Waals surface area contributed by atoms with Crippen LogP contribution in [0.2, 0.25) is 0 Å². The third kappa shape index (κ3) is 5.52. The second kappa shape index (κ2) is 7.62. The molecule has 0 aliphatic rings. The van der Waals surface area contributed by atoms with Crippen molar-refractivity contribution in [1.82, 2.24) is 0 Å². The quantitative estimate of drug-likeness (QED) is 0.500. The monoisotopic (exact) mass is 212 g/mol. The normalized spacial score (nSPS) is 13.1. The van der Waals surface area contributed by atoms with Crippen molar-refractivity contribution in [3.63, 3.8) is 0 Å². The van der Waals surface area contributed by atoms with Crippen LogP contribution in [0, 0.1) is 5.92 Å². The van der Waals surface area contributed by atoms with Crippen molar-refractivity contribution in [2.45, 2.75) is 32.4 Å². The van der Waals surface area contributed by atoms with Gasteiger partial charge in [-0.3, -0.25) is 4.79 Å². The molecule has 6 nitrogen and oxygen atoms in total. The first-order valence-electron chi connectivity index (χ1n) is 4.51. The summed E-state index contributed by atoms with van der Waals surface area (Å²) in [6.45, 7) is 1.86. The van der Waals surface area contributed by atoms with Crippen LogP contribution < -0.4 is 0 Å². The van der Waals surface area contributed by atoms with E-state index in [-0.39, 0.29) is 6.42 Å². The first kappa shape index (κ1) is 13.2. The van der Waals surface area contributed by atoms with E-state index in [1.165, 1.54) is 12.2 Å². The average molecular weight is 212 g/mol. The van der Waals surface area contributed by atoms with Gasteiger partial charge < -0.3 is 5.11 Å². The van der Waals surface area contributed by atoms with E-state index in [9.17, 15) is 14.4 Å². The molecule has 0 radical (unpaired) electrons. The molecule has 1 N–H and O–H groups in total. The van der Waals surface area contributed by atoms with Crippen LogP contribution in [0.5, 0.6) is 0 Å². The summed E-state index contributed by atoms with van der Waals surface area (Å²) >= 11 is 0. The fourth-order valence-electron chi connectivity index (χ4n) is 1.30. The molecule has 0 bridgehead atoms. The van der Waals surface area contributed by atoms with Crippen LogP contribution >= 0.6 is 0 Å². The zero-order chi connectivity index (χ0) is 11.7. The molecule has 0 aromatic rings. The van der Waals surface area contributed by atoms with Crippen molar-refractivity contribution in [3.8, 4) is 0 Å². The van der Waals surface area contributed by atoms with E-state index in [1.807, 2.05) is 6.92 Å². The zero-order valence-corrected chi connectivity index (χ0v) is 8.34. The molecular formula is C9H12N2O4. The van der Waals surface area contributed by atoms with E-state index in [2.05, 4.69) is 9.98 Å². The van der Waals surface area contributed by atoms with Gasteiger partial charge in [-0.2, -0.15) is 9.98 Å². The largest absolute Gasteiger partial charge is 0.481 e. The molecule has 0 spiro atoms. The number of hydrogen-bond donors (Lipinski definition) is 1. The molecular weight excluding hydrogens is 200 g/mol. The minimum atomic E-state index is -1.01. The molecule has 0 aromatic carbocycles. The number of rotatable bonds is 7. The molecule has 6 heteroatoms. The van der Waals surface area contributed by atoms with Gasteiger partial charge in [0.15, 0.2) is 6.17 Å². The summed E-state index contributed by atoms with van der Waals surface area (Å²) in [5.74, 6) is -1.48. The summed E-state index contributed by atoms with van der Waals surface area (Å²) < 4.78 is 0. The summed E-state index contributed by atoms with van der Waals surface area (Å²) in [4.78, 5) is 37.2. The second-order valence-electron chi connectivity index (χ2n) is 3.00. The minimum absolute atomic E-state index is 0.186. The zero-order valence-electron chi connectivity index (χ0n) is 8.34. The van der Waals surface area contributed by atoms with Gasteiger partial charge in [0.1, 0.15) is 0 Å². The van der Waals surface area contributed by atoms with Gasteiger partial charge in [-0.25, -0.2) is 9.59 Å². The number of isocyanates is 2. The maximum absolute atomic E-state index is 10.5. The number of carboxylic acid groups (broad SMARTS) is 1. The Morgan fingerprint density at radius 1 is 1.33 bits per heavy atom. The van der Waals surface area contributed by atoms with Gasteiger partial charge in [0.05, 0.1) is 6.42 Å². The van der Waals surface area contributed by atoms with Gasteiger partial charge in [0.25, 0.3) is 0 Å². The third-order valence-corrected chi connectivity index (χ3v) is 1.89. The van der Waals surface area contributed by atoms with Crippen molar-refractivity contribution in [1.29, 1.82) is 0 Å². The van der Waals surface area contributed by atoms with Gasteiger partial charge in [-0.05, 0) is 6.42 Å². The first-order valence-corrected chi connectivity index (χ1v) is 4.51. The molecule has 15 heavy (non-hydrogen) atoms. The molecule has 0 saturated heterocycles.